The number of hydrogen-bond acceptors (Lipinski definition) is 4. The highest BCUT2D eigenvalue weighted by molar-refractivity contribution is 8.00. The standard InChI is InChI=1S/C12H18N2S2/c1-12(2,3)15-7-6-14-9-11-5-4-10(8-13)16-11/h4-5,14H,6-7,9H2,1-3H3. The van der Waals surface area contributed by atoms with Crippen LogP contribution in [0.3, 0.4) is 0 Å². The predicted molar refractivity (Wildman–Crippen MR) is 73.0 cm³/mol. The van der Waals surface area contributed by atoms with Crippen LogP contribution in [0.25, 0.3) is 0 Å². The molecule has 0 unspecified atom stereocenters. The zero-order valence-electron chi connectivity index (χ0n) is 10.0. The molecule has 0 amide bonds. The van der Waals surface area contributed by atoms with Crippen molar-refractivity contribution in [3.63, 3.8) is 0 Å². The van der Waals surface area contributed by atoms with Gasteiger partial charge in [-0.15, -0.1) is 11.3 Å². The lowest BCUT2D eigenvalue weighted by Crippen LogP contribution is -2.19. The van der Waals surface area contributed by atoms with Gasteiger partial charge in [0, 0.05) is 28.5 Å². The van der Waals surface area contributed by atoms with E-state index in [9.17, 15) is 0 Å². The first kappa shape index (κ1) is 13.6. The lowest BCUT2D eigenvalue weighted by molar-refractivity contribution is 0.733. The molecule has 0 atom stereocenters. The van der Waals surface area contributed by atoms with Gasteiger partial charge in [-0.25, -0.2) is 0 Å². The highest BCUT2D eigenvalue weighted by atomic mass is 32.2. The largest absolute Gasteiger partial charge is 0.311 e. The Labute approximate surface area is 106 Å². The molecule has 16 heavy (non-hydrogen) atoms. The molecule has 1 rings (SSSR count). The van der Waals surface area contributed by atoms with E-state index in [1.54, 1.807) is 11.3 Å². The first-order valence-electron chi connectivity index (χ1n) is 5.35. The Balaban J connectivity index is 2.14. The highest BCUT2D eigenvalue weighted by Crippen LogP contribution is 2.22. The summed E-state index contributed by atoms with van der Waals surface area (Å²) in [6.07, 6.45) is 0. The number of thioether (sulfide) groups is 1. The van der Waals surface area contributed by atoms with Gasteiger partial charge in [0.2, 0.25) is 0 Å². The molecule has 1 heterocycles. The summed E-state index contributed by atoms with van der Waals surface area (Å²) >= 11 is 3.53. The average Bonchev–Trinajstić information content (AvgIpc) is 2.63. The van der Waals surface area contributed by atoms with Crippen molar-refractivity contribution in [3.8, 4) is 6.07 Å². The van der Waals surface area contributed by atoms with Crippen LogP contribution in [0.1, 0.15) is 30.5 Å². The lowest BCUT2D eigenvalue weighted by atomic mass is 10.3. The number of nitriles is 1. The second-order valence-corrected chi connectivity index (χ2v) is 7.61. The van der Waals surface area contributed by atoms with Crippen molar-refractivity contribution in [1.29, 1.82) is 5.26 Å². The van der Waals surface area contributed by atoms with E-state index in [4.69, 9.17) is 5.26 Å². The second-order valence-electron chi connectivity index (χ2n) is 4.52. The van der Waals surface area contributed by atoms with Gasteiger partial charge in [-0.05, 0) is 12.1 Å². The van der Waals surface area contributed by atoms with E-state index in [0.717, 1.165) is 23.7 Å². The van der Waals surface area contributed by atoms with E-state index in [1.807, 2.05) is 23.9 Å². The summed E-state index contributed by atoms with van der Waals surface area (Å²) in [6.45, 7) is 8.58. The van der Waals surface area contributed by atoms with Gasteiger partial charge < -0.3 is 5.32 Å². The predicted octanol–water partition coefficient (Wildman–Crippen LogP) is 3.24. The SMILES string of the molecule is CC(C)(C)SCCNCc1ccc(C#N)s1. The molecule has 0 saturated carbocycles. The van der Waals surface area contributed by atoms with Crippen LogP contribution in [0.2, 0.25) is 0 Å². The van der Waals surface area contributed by atoms with Crippen LogP contribution in [-0.2, 0) is 6.54 Å². The molecule has 1 N–H and O–H groups in total. The Hall–Kier alpha value is -0.500. The molecule has 0 aromatic carbocycles. The van der Waals surface area contributed by atoms with Crippen LogP contribution in [0, 0.1) is 11.3 Å². The number of hydrogen-bond donors (Lipinski definition) is 1. The van der Waals surface area contributed by atoms with Crippen LogP contribution in [0.4, 0.5) is 0 Å². The fourth-order valence-electron chi connectivity index (χ4n) is 1.17. The van der Waals surface area contributed by atoms with Gasteiger partial charge in [-0.2, -0.15) is 17.0 Å². The summed E-state index contributed by atoms with van der Waals surface area (Å²) in [4.78, 5) is 2.03. The third kappa shape index (κ3) is 5.55. The minimum Gasteiger partial charge on any atom is -0.311 e. The van der Waals surface area contributed by atoms with Gasteiger partial charge in [-0.1, -0.05) is 20.8 Å². The molecule has 0 radical (unpaired) electrons. The molecule has 1 aromatic rings. The maximum Gasteiger partial charge on any atom is 0.110 e. The molecule has 0 fully saturated rings. The Morgan fingerprint density at radius 1 is 1.44 bits per heavy atom. The Morgan fingerprint density at radius 2 is 2.19 bits per heavy atom. The lowest BCUT2D eigenvalue weighted by Gasteiger charge is -2.17. The van der Waals surface area contributed by atoms with E-state index in [-0.39, 0.29) is 0 Å². The second kappa shape index (κ2) is 6.29. The number of nitrogens with one attached hydrogen (secondary N) is 1. The quantitative estimate of drug-likeness (QED) is 0.819. The highest BCUT2D eigenvalue weighted by Gasteiger charge is 2.09. The van der Waals surface area contributed by atoms with Crippen LogP contribution in [0.15, 0.2) is 12.1 Å². The molecule has 0 saturated heterocycles. The van der Waals surface area contributed by atoms with E-state index in [1.165, 1.54) is 4.88 Å². The van der Waals surface area contributed by atoms with E-state index in [0.29, 0.717) is 4.75 Å². The van der Waals surface area contributed by atoms with Crippen molar-refractivity contribution in [1.82, 2.24) is 5.32 Å². The van der Waals surface area contributed by atoms with Gasteiger partial charge in [0.1, 0.15) is 10.9 Å². The van der Waals surface area contributed by atoms with Crippen molar-refractivity contribution in [2.75, 3.05) is 12.3 Å². The monoisotopic (exact) mass is 254 g/mol. The van der Waals surface area contributed by atoms with Gasteiger partial charge >= 0.3 is 0 Å². The normalized spacial score (nSPS) is 11.4. The molecular formula is C12H18N2S2. The first-order valence-corrected chi connectivity index (χ1v) is 7.15. The number of rotatable bonds is 5. The van der Waals surface area contributed by atoms with Crippen molar-refractivity contribution in [2.24, 2.45) is 0 Å². The third-order valence-corrected chi connectivity index (χ3v) is 4.15. The summed E-state index contributed by atoms with van der Waals surface area (Å²) in [5, 5.41) is 12.1. The summed E-state index contributed by atoms with van der Waals surface area (Å²) in [5.74, 6) is 1.12. The fraction of sp³-hybridized carbons (Fsp3) is 0.583. The van der Waals surface area contributed by atoms with Gasteiger partial charge in [0.15, 0.2) is 0 Å². The molecular weight excluding hydrogens is 236 g/mol. The zero-order valence-corrected chi connectivity index (χ0v) is 11.7. The summed E-state index contributed by atoms with van der Waals surface area (Å²) < 4.78 is 0.346. The van der Waals surface area contributed by atoms with E-state index < -0.39 is 0 Å². The van der Waals surface area contributed by atoms with Gasteiger partial charge in [-0.3, -0.25) is 0 Å². The fourth-order valence-corrected chi connectivity index (χ4v) is 2.81. The van der Waals surface area contributed by atoms with Crippen LogP contribution >= 0.6 is 23.1 Å². The summed E-state index contributed by atoms with van der Waals surface area (Å²) in [7, 11) is 0. The smallest absolute Gasteiger partial charge is 0.110 e. The average molecular weight is 254 g/mol. The van der Waals surface area contributed by atoms with Gasteiger partial charge in [0.25, 0.3) is 0 Å². The molecule has 0 aliphatic rings. The minimum atomic E-state index is 0.346. The Morgan fingerprint density at radius 3 is 2.75 bits per heavy atom. The minimum absolute atomic E-state index is 0.346. The molecule has 4 heteroatoms. The van der Waals surface area contributed by atoms with Crippen LogP contribution in [0.5, 0.6) is 0 Å². The maximum absolute atomic E-state index is 8.69. The maximum atomic E-state index is 8.69. The summed E-state index contributed by atoms with van der Waals surface area (Å²) in [6, 6.07) is 6.06. The Kier molecular flexibility index (Phi) is 5.33. The molecule has 88 valence electrons. The Bertz CT molecular complexity index is 358. The molecule has 0 aliphatic heterocycles. The summed E-state index contributed by atoms with van der Waals surface area (Å²) in [5.41, 5.74) is 0. The van der Waals surface area contributed by atoms with Crippen molar-refractivity contribution in [2.45, 2.75) is 32.1 Å². The van der Waals surface area contributed by atoms with Crippen molar-refractivity contribution >= 4 is 23.1 Å². The first-order chi connectivity index (χ1) is 7.51. The molecule has 0 bridgehead atoms. The van der Waals surface area contributed by atoms with E-state index in [2.05, 4.69) is 32.2 Å². The number of thiophene rings is 1. The van der Waals surface area contributed by atoms with Crippen LogP contribution in [-0.4, -0.2) is 17.0 Å². The topological polar surface area (TPSA) is 35.8 Å². The molecule has 2 nitrogen and oxygen atoms in total. The molecule has 1 aromatic heterocycles. The molecule has 0 aliphatic carbocycles. The molecule has 0 spiro atoms. The van der Waals surface area contributed by atoms with E-state index >= 15 is 0 Å². The van der Waals surface area contributed by atoms with Crippen LogP contribution < -0.4 is 5.32 Å². The van der Waals surface area contributed by atoms with Crippen molar-refractivity contribution in [3.05, 3.63) is 21.9 Å². The zero-order chi connectivity index (χ0) is 12.0. The number of nitrogens with zero attached hydrogens (tertiary/aromatic N) is 1. The third-order valence-electron chi connectivity index (χ3n) is 1.88. The van der Waals surface area contributed by atoms with Gasteiger partial charge in [0.05, 0.1) is 0 Å². The van der Waals surface area contributed by atoms with Crippen molar-refractivity contribution < 1.29 is 0 Å².